The fourth-order valence-electron chi connectivity index (χ4n) is 6.32. The van der Waals surface area contributed by atoms with Crippen molar-refractivity contribution < 1.29 is 76.2 Å². The highest BCUT2D eigenvalue weighted by Crippen LogP contribution is 2.38. The molecule has 0 aromatic heterocycles. The minimum absolute atomic E-state index is 0.115. The molecule has 0 unspecified atom stereocenters. The van der Waals surface area contributed by atoms with E-state index in [-0.39, 0.29) is 19.6 Å². The maximum absolute atomic E-state index is 12.6. The molecule has 1 aliphatic carbocycles. The zero-order chi connectivity index (χ0) is 39.0. The summed E-state index contributed by atoms with van der Waals surface area (Å²) in [6, 6.07) is -1.15. The Kier molecular flexibility index (Phi) is 19.0. The van der Waals surface area contributed by atoms with Gasteiger partial charge in [-0.1, -0.05) is 39.0 Å². The predicted molar refractivity (Wildman–Crippen MR) is 178 cm³/mol. The molecule has 1 N–H and O–H groups in total. The van der Waals surface area contributed by atoms with Gasteiger partial charge in [-0.15, -0.1) is 0 Å². The summed E-state index contributed by atoms with van der Waals surface area (Å²) in [6.45, 7) is 9.76. The Morgan fingerprint density at radius 2 is 1.12 bits per heavy atom. The van der Waals surface area contributed by atoms with Crippen molar-refractivity contribution in [1.82, 2.24) is 5.32 Å². The maximum Gasteiger partial charge on any atom is 0.303 e. The lowest BCUT2D eigenvalue weighted by molar-refractivity contribution is -0.297. The Bertz CT molecular complexity index is 1230. The van der Waals surface area contributed by atoms with Crippen LogP contribution in [0.2, 0.25) is 0 Å². The SMILES string of the molecule is CCCCCCCCO[C@@H]1O[C@H](COC(C)=O)[C@@H](OC(C)=O)[C@H](O[C@@H]2C[C@H](COC(C)=O)[C@H](OC(C)=O)[C@H](OC(C)=O)[C@H]2OC(C)=O)[C@H]1NC(C)=O. The lowest BCUT2D eigenvalue weighted by atomic mass is 9.80. The molecule has 0 radical (unpaired) electrons. The number of rotatable bonds is 19. The largest absolute Gasteiger partial charge is 0.465 e. The van der Waals surface area contributed by atoms with Crippen LogP contribution in [0.3, 0.4) is 0 Å². The molecule has 2 rings (SSSR count). The highest BCUT2D eigenvalue weighted by molar-refractivity contribution is 5.73. The minimum Gasteiger partial charge on any atom is -0.465 e. The van der Waals surface area contributed by atoms with Gasteiger partial charge in [0.2, 0.25) is 5.91 Å². The number of esters is 6. The molecule has 0 bridgehead atoms. The molecule has 10 atom stereocenters. The first-order valence-corrected chi connectivity index (χ1v) is 17.7. The summed E-state index contributed by atoms with van der Waals surface area (Å²) < 4.78 is 52.1. The molecule has 296 valence electrons. The molecule has 1 amide bonds. The average molecular weight is 746 g/mol. The van der Waals surface area contributed by atoms with Crippen LogP contribution in [0.4, 0.5) is 0 Å². The minimum atomic E-state index is -1.45. The van der Waals surface area contributed by atoms with Crippen LogP contribution in [0, 0.1) is 5.92 Å². The van der Waals surface area contributed by atoms with E-state index in [1.807, 2.05) is 0 Å². The molecule has 1 saturated heterocycles. The summed E-state index contributed by atoms with van der Waals surface area (Å²) in [7, 11) is 0. The molecule has 17 heteroatoms. The van der Waals surface area contributed by atoms with E-state index in [1.165, 1.54) is 20.8 Å². The third-order valence-electron chi connectivity index (χ3n) is 8.30. The van der Waals surface area contributed by atoms with Crippen LogP contribution >= 0.6 is 0 Å². The highest BCUT2D eigenvalue weighted by Gasteiger charge is 2.56. The summed E-state index contributed by atoms with van der Waals surface area (Å²) in [6.07, 6.45) is -4.68. The zero-order valence-corrected chi connectivity index (χ0v) is 31.4. The highest BCUT2D eigenvalue weighted by atomic mass is 16.7. The number of unbranched alkanes of at least 4 members (excludes halogenated alkanes) is 5. The van der Waals surface area contributed by atoms with Crippen molar-refractivity contribution in [3.8, 4) is 0 Å². The van der Waals surface area contributed by atoms with Gasteiger partial charge in [0.1, 0.15) is 31.0 Å². The van der Waals surface area contributed by atoms with Crippen LogP contribution in [0.25, 0.3) is 0 Å². The standard InChI is InChI=1S/C35H55NO16/c1-9-10-11-12-13-14-15-44-35-29(36-19(2)37)33(32(49-24(7)42)28(52-35)18-46-21(4)39)51-27-16-26(17-45-20(3)38)30(47-22(5)40)34(50-25(8)43)31(27)48-23(6)41/h26-35H,9-18H2,1-8H3,(H,36,37)/t26-,27-,28-,29-,30+,31+,32-,33-,34+,35-/m1/s1. The number of carbonyl (C=O) groups excluding carboxylic acids is 7. The van der Waals surface area contributed by atoms with Gasteiger partial charge in [-0.2, -0.15) is 0 Å². The molecule has 1 aliphatic heterocycles. The zero-order valence-electron chi connectivity index (χ0n) is 31.4. The van der Waals surface area contributed by atoms with Crippen LogP contribution < -0.4 is 5.32 Å². The molecule has 0 spiro atoms. The maximum atomic E-state index is 12.6. The molecule has 0 aromatic rings. The van der Waals surface area contributed by atoms with Crippen LogP contribution in [0.5, 0.6) is 0 Å². The smallest absolute Gasteiger partial charge is 0.303 e. The quantitative estimate of drug-likeness (QED) is 0.114. The van der Waals surface area contributed by atoms with Crippen LogP contribution in [0.15, 0.2) is 0 Å². The van der Waals surface area contributed by atoms with E-state index in [2.05, 4.69) is 12.2 Å². The molecule has 2 fully saturated rings. The summed E-state index contributed by atoms with van der Waals surface area (Å²) in [5, 5.41) is 2.77. The summed E-state index contributed by atoms with van der Waals surface area (Å²) >= 11 is 0. The number of hydrogen-bond donors (Lipinski definition) is 1. The molecule has 2 aliphatic rings. The van der Waals surface area contributed by atoms with Gasteiger partial charge in [-0.25, -0.2) is 0 Å². The Balaban J connectivity index is 2.66. The predicted octanol–water partition coefficient (Wildman–Crippen LogP) is 2.22. The lowest BCUT2D eigenvalue weighted by Crippen LogP contribution is -2.68. The van der Waals surface area contributed by atoms with E-state index < -0.39 is 109 Å². The van der Waals surface area contributed by atoms with Gasteiger partial charge in [0.15, 0.2) is 24.6 Å². The van der Waals surface area contributed by atoms with Crippen LogP contribution in [-0.2, 0) is 76.2 Å². The number of nitrogens with one attached hydrogen (secondary N) is 1. The molecular formula is C35H55NO16. The first-order valence-electron chi connectivity index (χ1n) is 17.7. The molecule has 52 heavy (non-hydrogen) atoms. The van der Waals surface area contributed by atoms with E-state index in [9.17, 15) is 33.6 Å². The van der Waals surface area contributed by atoms with E-state index in [1.54, 1.807) is 0 Å². The van der Waals surface area contributed by atoms with Crippen LogP contribution in [-0.4, -0.2) is 117 Å². The Morgan fingerprint density at radius 1 is 0.596 bits per heavy atom. The average Bonchev–Trinajstić information content (AvgIpc) is 3.02. The Labute approximate surface area is 304 Å². The summed E-state index contributed by atoms with van der Waals surface area (Å²) in [4.78, 5) is 86.0. The number of amides is 1. The van der Waals surface area contributed by atoms with Crippen molar-refractivity contribution in [2.45, 2.75) is 155 Å². The molecule has 17 nitrogen and oxygen atoms in total. The van der Waals surface area contributed by atoms with Gasteiger partial charge in [-0.05, 0) is 12.8 Å². The fraction of sp³-hybridized carbons (Fsp3) is 0.800. The monoisotopic (exact) mass is 745 g/mol. The number of ether oxygens (including phenoxy) is 9. The van der Waals surface area contributed by atoms with E-state index >= 15 is 0 Å². The van der Waals surface area contributed by atoms with Gasteiger partial charge in [0.25, 0.3) is 0 Å². The second-order valence-corrected chi connectivity index (χ2v) is 12.9. The van der Waals surface area contributed by atoms with Crippen molar-refractivity contribution in [3.63, 3.8) is 0 Å². The first kappa shape index (κ1) is 44.3. The first-order chi connectivity index (χ1) is 24.5. The normalized spacial score (nSPS) is 28.5. The third kappa shape index (κ3) is 15.0. The van der Waals surface area contributed by atoms with Crippen molar-refractivity contribution >= 4 is 41.7 Å². The van der Waals surface area contributed by atoms with Gasteiger partial charge in [0.05, 0.1) is 12.7 Å². The van der Waals surface area contributed by atoms with E-state index in [4.69, 9.17) is 42.6 Å². The molecule has 1 saturated carbocycles. The van der Waals surface area contributed by atoms with E-state index in [0.29, 0.717) is 6.42 Å². The van der Waals surface area contributed by atoms with Crippen molar-refractivity contribution in [3.05, 3.63) is 0 Å². The molecule has 0 aromatic carbocycles. The topological polar surface area (TPSA) is 215 Å². The van der Waals surface area contributed by atoms with Gasteiger partial charge in [-0.3, -0.25) is 33.6 Å². The lowest BCUT2D eigenvalue weighted by Gasteiger charge is -2.49. The van der Waals surface area contributed by atoms with Gasteiger partial charge >= 0.3 is 35.8 Å². The Morgan fingerprint density at radius 3 is 1.67 bits per heavy atom. The fourth-order valence-corrected chi connectivity index (χ4v) is 6.32. The molecule has 1 heterocycles. The second kappa shape index (κ2) is 22.3. The second-order valence-electron chi connectivity index (χ2n) is 12.9. The Hall–Kier alpha value is -3.83. The van der Waals surface area contributed by atoms with Crippen LogP contribution in [0.1, 0.15) is 100 Å². The van der Waals surface area contributed by atoms with Crippen molar-refractivity contribution in [2.24, 2.45) is 5.92 Å². The third-order valence-corrected chi connectivity index (χ3v) is 8.30. The van der Waals surface area contributed by atoms with E-state index in [0.717, 1.165) is 59.8 Å². The van der Waals surface area contributed by atoms with Crippen molar-refractivity contribution in [2.75, 3.05) is 19.8 Å². The summed E-state index contributed by atoms with van der Waals surface area (Å²) in [5.41, 5.74) is 0. The van der Waals surface area contributed by atoms with Gasteiger partial charge in [0, 0.05) is 61.0 Å². The van der Waals surface area contributed by atoms with Crippen molar-refractivity contribution in [1.29, 1.82) is 0 Å². The van der Waals surface area contributed by atoms with Gasteiger partial charge < -0.3 is 47.9 Å². The number of carbonyl (C=O) groups is 7. The number of hydrogen-bond acceptors (Lipinski definition) is 16. The summed E-state index contributed by atoms with van der Waals surface area (Å²) in [5.74, 6) is -5.79. The molecular weight excluding hydrogens is 690 g/mol.